The van der Waals surface area contributed by atoms with E-state index in [0.29, 0.717) is 0 Å². The molecule has 1 aliphatic rings. The minimum Gasteiger partial charge on any atom is -0.438 e. The summed E-state index contributed by atoms with van der Waals surface area (Å²) < 4.78 is 15.2. The molecule has 0 amide bonds. The van der Waals surface area contributed by atoms with E-state index < -0.39 is 36.6 Å². The van der Waals surface area contributed by atoms with Gasteiger partial charge in [0.1, 0.15) is 49.8 Å². The lowest BCUT2D eigenvalue weighted by atomic mass is 9.84. The monoisotopic (exact) mass is 280 g/mol. The van der Waals surface area contributed by atoms with E-state index in [9.17, 15) is 15.3 Å². The van der Waals surface area contributed by atoms with E-state index in [2.05, 4.69) is 11.8 Å². The first-order valence-corrected chi connectivity index (χ1v) is 5.84. The van der Waals surface area contributed by atoms with Crippen molar-refractivity contribution in [3.63, 3.8) is 0 Å². The van der Waals surface area contributed by atoms with Crippen LogP contribution < -0.4 is 0 Å². The molecular formula is C14H16O6. The molecule has 2 unspecified atom stereocenters. The summed E-state index contributed by atoms with van der Waals surface area (Å²) in [6, 6.07) is 0. The van der Waals surface area contributed by atoms with Crippen LogP contribution in [0.15, 0.2) is 0 Å². The summed E-state index contributed by atoms with van der Waals surface area (Å²) in [7, 11) is 0. The van der Waals surface area contributed by atoms with Crippen molar-refractivity contribution in [2.24, 2.45) is 0 Å². The maximum Gasteiger partial charge on any atom is 0.167 e. The topological polar surface area (TPSA) is 88.4 Å². The first-order chi connectivity index (χ1) is 9.58. The molecule has 0 aliphatic heterocycles. The highest BCUT2D eigenvalue weighted by Gasteiger charge is 2.52. The molecule has 20 heavy (non-hydrogen) atoms. The van der Waals surface area contributed by atoms with Crippen molar-refractivity contribution < 1.29 is 29.5 Å². The summed E-state index contributed by atoms with van der Waals surface area (Å²) in [5, 5.41) is 30.2. The third-order valence-corrected chi connectivity index (χ3v) is 2.94. The molecular weight excluding hydrogens is 264 g/mol. The summed E-state index contributed by atoms with van der Waals surface area (Å²) in [6.45, 7) is -0.279. The Morgan fingerprint density at radius 3 is 1.50 bits per heavy atom. The Hall–Kier alpha value is -1.72. The molecule has 1 fully saturated rings. The average Bonchev–Trinajstić information content (AvgIpc) is 2.43. The number of hydrogen-bond donors (Lipinski definition) is 3. The Kier molecular flexibility index (Phi) is 6.35. The molecule has 3 N–H and O–H groups in total. The van der Waals surface area contributed by atoms with Gasteiger partial charge in [0, 0.05) is 0 Å². The fourth-order valence-corrected chi connectivity index (χ4v) is 2.07. The smallest absolute Gasteiger partial charge is 0.167 e. The van der Waals surface area contributed by atoms with Crippen LogP contribution in [0.4, 0.5) is 0 Å². The summed E-state index contributed by atoms with van der Waals surface area (Å²) in [5.41, 5.74) is 0. The van der Waals surface area contributed by atoms with Gasteiger partial charge in [-0.1, -0.05) is 18.3 Å². The van der Waals surface area contributed by atoms with Crippen LogP contribution in [0.25, 0.3) is 0 Å². The van der Waals surface area contributed by atoms with Crippen LogP contribution in [-0.2, 0) is 14.2 Å². The normalized spacial score (nSPS) is 36.4. The molecule has 0 heterocycles. The molecule has 0 bridgehead atoms. The Morgan fingerprint density at radius 1 is 0.750 bits per heavy atom. The van der Waals surface area contributed by atoms with Crippen molar-refractivity contribution in [2.75, 3.05) is 13.2 Å². The SMILES string of the molecule is C#CCOC1[C@@H](O)C(OC#C)[C@@H](O)[C@@H](OCC#C)[C@H]1O. The number of aliphatic hydroxyl groups excluding tert-OH is 3. The van der Waals surface area contributed by atoms with Crippen LogP contribution in [0, 0.1) is 37.2 Å². The molecule has 1 aliphatic carbocycles. The zero-order chi connectivity index (χ0) is 15.1. The van der Waals surface area contributed by atoms with Crippen molar-refractivity contribution in [1.82, 2.24) is 0 Å². The highest BCUT2D eigenvalue weighted by atomic mass is 16.6. The second-order valence-electron chi connectivity index (χ2n) is 4.13. The van der Waals surface area contributed by atoms with E-state index in [-0.39, 0.29) is 13.2 Å². The van der Waals surface area contributed by atoms with Crippen molar-refractivity contribution in [1.29, 1.82) is 0 Å². The lowest BCUT2D eigenvalue weighted by Gasteiger charge is -2.43. The predicted molar refractivity (Wildman–Crippen MR) is 68.9 cm³/mol. The first kappa shape index (κ1) is 16.3. The molecule has 108 valence electrons. The van der Waals surface area contributed by atoms with Gasteiger partial charge in [-0.15, -0.1) is 12.8 Å². The van der Waals surface area contributed by atoms with Gasteiger partial charge in [-0.3, -0.25) is 0 Å². The Labute approximate surface area is 117 Å². The van der Waals surface area contributed by atoms with Crippen LogP contribution >= 0.6 is 0 Å². The van der Waals surface area contributed by atoms with E-state index in [4.69, 9.17) is 33.5 Å². The van der Waals surface area contributed by atoms with Crippen molar-refractivity contribution >= 4 is 0 Å². The van der Waals surface area contributed by atoms with Crippen LogP contribution in [0.3, 0.4) is 0 Å². The fourth-order valence-electron chi connectivity index (χ4n) is 2.07. The first-order valence-electron chi connectivity index (χ1n) is 5.84. The summed E-state index contributed by atoms with van der Waals surface area (Å²) in [6.07, 6.45) is 9.52. The minimum absolute atomic E-state index is 0.139. The van der Waals surface area contributed by atoms with Crippen molar-refractivity contribution in [2.45, 2.75) is 36.6 Å². The lowest BCUT2D eigenvalue weighted by molar-refractivity contribution is -0.240. The van der Waals surface area contributed by atoms with Gasteiger partial charge >= 0.3 is 0 Å². The molecule has 1 saturated carbocycles. The van der Waals surface area contributed by atoms with E-state index in [1.165, 1.54) is 0 Å². The zero-order valence-corrected chi connectivity index (χ0v) is 10.7. The summed E-state index contributed by atoms with van der Waals surface area (Å²) in [5.74, 6) is 4.42. The highest BCUT2D eigenvalue weighted by molar-refractivity contribution is 5.03. The molecule has 6 atom stereocenters. The van der Waals surface area contributed by atoms with Crippen molar-refractivity contribution in [3.05, 3.63) is 0 Å². The quantitative estimate of drug-likeness (QED) is 0.510. The summed E-state index contributed by atoms with van der Waals surface area (Å²) in [4.78, 5) is 0. The van der Waals surface area contributed by atoms with Crippen molar-refractivity contribution in [3.8, 4) is 37.2 Å². The van der Waals surface area contributed by atoms with E-state index >= 15 is 0 Å². The van der Waals surface area contributed by atoms with Gasteiger partial charge in [-0.05, 0) is 0 Å². The van der Waals surface area contributed by atoms with E-state index in [0.717, 1.165) is 0 Å². The Morgan fingerprint density at radius 2 is 1.15 bits per heavy atom. The third-order valence-electron chi connectivity index (χ3n) is 2.94. The highest BCUT2D eigenvalue weighted by Crippen LogP contribution is 2.27. The van der Waals surface area contributed by atoms with Gasteiger partial charge < -0.3 is 29.5 Å². The van der Waals surface area contributed by atoms with Crippen LogP contribution in [-0.4, -0.2) is 65.2 Å². The third kappa shape index (κ3) is 3.43. The molecule has 0 aromatic carbocycles. The number of hydrogen-bond acceptors (Lipinski definition) is 6. The number of ether oxygens (including phenoxy) is 3. The van der Waals surface area contributed by atoms with Crippen LogP contribution in [0.5, 0.6) is 0 Å². The summed E-state index contributed by atoms with van der Waals surface area (Å²) >= 11 is 0. The second-order valence-corrected chi connectivity index (χ2v) is 4.13. The van der Waals surface area contributed by atoms with E-state index in [1.54, 1.807) is 0 Å². The van der Waals surface area contributed by atoms with Crippen LogP contribution in [0.1, 0.15) is 0 Å². The molecule has 0 aromatic rings. The maximum atomic E-state index is 10.1. The average molecular weight is 280 g/mol. The lowest BCUT2D eigenvalue weighted by Crippen LogP contribution is -2.65. The molecule has 6 nitrogen and oxygen atoms in total. The molecule has 6 heteroatoms. The standard InChI is InChI=1S/C14H16O6/c1-4-7-19-13-9(15)12(18-6-3)10(16)14(11(13)17)20-8-5-2/h1-3,9-17H,7-8H2/t9-,10+,11-,12?,13-,14?/m1/s1. The molecule has 0 radical (unpaired) electrons. The molecule has 0 spiro atoms. The van der Waals surface area contributed by atoms with Gasteiger partial charge in [0.2, 0.25) is 0 Å². The van der Waals surface area contributed by atoms with Gasteiger partial charge in [0.25, 0.3) is 0 Å². The van der Waals surface area contributed by atoms with E-state index in [1.807, 2.05) is 6.11 Å². The Balaban J connectivity index is 2.93. The largest absolute Gasteiger partial charge is 0.438 e. The van der Waals surface area contributed by atoms with Gasteiger partial charge in [-0.25, -0.2) is 0 Å². The molecule has 0 saturated heterocycles. The van der Waals surface area contributed by atoms with Gasteiger partial charge in [-0.2, -0.15) is 0 Å². The second kappa shape index (κ2) is 7.77. The maximum absolute atomic E-state index is 10.1. The fraction of sp³-hybridized carbons (Fsp3) is 0.571. The zero-order valence-electron chi connectivity index (χ0n) is 10.7. The Bertz CT molecular complexity index is 396. The minimum atomic E-state index is -1.37. The molecule has 0 aromatic heterocycles. The molecule has 1 rings (SSSR count). The predicted octanol–water partition coefficient (Wildman–Crippen LogP) is -1.90. The van der Waals surface area contributed by atoms with Crippen LogP contribution in [0.2, 0.25) is 0 Å². The van der Waals surface area contributed by atoms with Gasteiger partial charge in [0.15, 0.2) is 6.10 Å². The van der Waals surface area contributed by atoms with Gasteiger partial charge in [0.05, 0.1) is 0 Å². The number of rotatable bonds is 5. The number of aliphatic hydroxyl groups is 3. The number of terminal acetylenes is 3.